The summed E-state index contributed by atoms with van der Waals surface area (Å²) >= 11 is 2.15. The Morgan fingerprint density at radius 2 is 1.96 bits per heavy atom. The van der Waals surface area contributed by atoms with Crippen LogP contribution in [0.15, 0.2) is 48.5 Å². The minimum atomic E-state index is -0.0954. The van der Waals surface area contributed by atoms with Gasteiger partial charge in [-0.05, 0) is 65.9 Å². The molecule has 2 aromatic rings. The van der Waals surface area contributed by atoms with Gasteiger partial charge in [0.05, 0.1) is 12.2 Å². The van der Waals surface area contributed by atoms with Crippen LogP contribution in [0.2, 0.25) is 0 Å². The Hall–Kier alpha value is -2.09. The first-order valence-electron chi connectivity index (χ1n) is 8.64. The third-order valence-corrected chi connectivity index (χ3v) is 5.27. The lowest BCUT2D eigenvalue weighted by Gasteiger charge is -2.17. The first-order valence-corrected chi connectivity index (χ1v) is 9.72. The zero-order chi connectivity index (χ0) is 18.5. The highest BCUT2D eigenvalue weighted by molar-refractivity contribution is 14.1. The number of benzene rings is 2. The molecule has 1 aliphatic heterocycles. The summed E-state index contributed by atoms with van der Waals surface area (Å²) in [6, 6.07) is 15.0. The number of hydrogen-bond acceptors (Lipinski definition) is 3. The third kappa shape index (κ3) is 4.35. The van der Waals surface area contributed by atoms with Crippen molar-refractivity contribution in [2.24, 2.45) is 5.92 Å². The topological polar surface area (TPSA) is 58.6 Å². The van der Waals surface area contributed by atoms with Crippen molar-refractivity contribution < 1.29 is 14.3 Å². The van der Waals surface area contributed by atoms with Gasteiger partial charge in [0.2, 0.25) is 5.91 Å². The van der Waals surface area contributed by atoms with Crippen molar-refractivity contribution in [2.75, 3.05) is 24.6 Å². The largest absolute Gasteiger partial charge is 0.494 e. The molecule has 1 N–H and O–H groups in total. The molecule has 1 unspecified atom stereocenters. The van der Waals surface area contributed by atoms with Gasteiger partial charge in [0, 0.05) is 34.7 Å². The van der Waals surface area contributed by atoms with Crippen LogP contribution in [0.3, 0.4) is 0 Å². The van der Waals surface area contributed by atoms with Crippen LogP contribution in [-0.2, 0) is 4.79 Å². The predicted octanol–water partition coefficient (Wildman–Crippen LogP) is 3.47. The molecule has 3 rings (SSSR count). The summed E-state index contributed by atoms with van der Waals surface area (Å²) in [6.07, 6.45) is 0.444. The number of hydrogen-bond donors (Lipinski definition) is 1. The van der Waals surface area contributed by atoms with Gasteiger partial charge >= 0.3 is 0 Å². The number of rotatable bonds is 6. The summed E-state index contributed by atoms with van der Waals surface area (Å²) in [7, 11) is 0. The van der Waals surface area contributed by atoms with Crippen LogP contribution in [0.4, 0.5) is 5.69 Å². The lowest BCUT2D eigenvalue weighted by Crippen LogP contribution is -2.31. The van der Waals surface area contributed by atoms with E-state index < -0.39 is 0 Å². The lowest BCUT2D eigenvalue weighted by atomic mass is 10.1. The van der Waals surface area contributed by atoms with Crippen molar-refractivity contribution in [3.8, 4) is 5.75 Å². The number of ether oxygens (including phenoxy) is 1. The molecular formula is C20H21IN2O3. The van der Waals surface area contributed by atoms with E-state index in [4.69, 9.17) is 4.74 Å². The minimum absolute atomic E-state index is 0.0858. The Bertz CT molecular complexity index is 792. The average molecular weight is 464 g/mol. The molecule has 136 valence electrons. The Balaban J connectivity index is 1.57. The van der Waals surface area contributed by atoms with Gasteiger partial charge in [0.1, 0.15) is 5.75 Å². The second-order valence-electron chi connectivity index (χ2n) is 6.19. The van der Waals surface area contributed by atoms with E-state index in [1.54, 1.807) is 4.90 Å². The Morgan fingerprint density at radius 3 is 2.65 bits per heavy atom. The highest BCUT2D eigenvalue weighted by atomic mass is 127. The van der Waals surface area contributed by atoms with Gasteiger partial charge in [0.25, 0.3) is 5.91 Å². The van der Waals surface area contributed by atoms with Gasteiger partial charge in [-0.3, -0.25) is 9.59 Å². The van der Waals surface area contributed by atoms with Crippen LogP contribution in [0.5, 0.6) is 5.75 Å². The minimum Gasteiger partial charge on any atom is -0.494 e. The SMILES string of the molecule is CCOc1ccc(N2CC(CNC(=O)c3ccccc3I)CC2=O)cc1. The van der Waals surface area contributed by atoms with Crippen molar-refractivity contribution >= 4 is 40.1 Å². The van der Waals surface area contributed by atoms with Gasteiger partial charge < -0.3 is 15.0 Å². The molecule has 1 heterocycles. The zero-order valence-electron chi connectivity index (χ0n) is 14.6. The summed E-state index contributed by atoms with van der Waals surface area (Å²) in [5, 5.41) is 2.96. The molecule has 1 atom stereocenters. The Labute approximate surface area is 166 Å². The van der Waals surface area contributed by atoms with Crippen molar-refractivity contribution in [3.05, 3.63) is 57.7 Å². The molecule has 0 aromatic heterocycles. The molecule has 2 aromatic carbocycles. The van der Waals surface area contributed by atoms with E-state index in [0.29, 0.717) is 31.7 Å². The first-order chi connectivity index (χ1) is 12.6. The van der Waals surface area contributed by atoms with E-state index in [1.165, 1.54) is 0 Å². The maximum Gasteiger partial charge on any atom is 0.252 e. The molecule has 0 aliphatic carbocycles. The monoisotopic (exact) mass is 464 g/mol. The number of nitrogens with zero attached hydrogens (tertiary/aromatic N) is 1. The fraction of sp³-hybridized carbons (Fsp3) is 0.300. The van der Waals surface area contributed by atoms with E-state index >= 15 is 0 Å². The van der Waals surface area contributed by atoms with Crippen molar-refractivity contribution in [2.45, 2.75) is 13.3 Å². The van der Waals surface area contributed by atoms with Gasteiger partial charge in [0.15, 0.2) is 0 Å². The summed E-state index contributed by atoms with van der Waals surface area (Å²) in [6.45, 7) is 3.65. The van der Waals surface area contributed by atoms with Gasteiger partial charge in [-0.15, -0.1) is 0 Å². The second kappa shape index (κ2) is 8.53. The number of anilines is 1. The third-order valence-electron chi connectivity index (χ3n) is 4.33. The Morgan fingerprint density at radius 1 is 1.23 bits per heavy atom. The number of nitrogens with one attached hydrogen (secondary N) is 1. The maximum atomic E-state index is 12.3. The molecular weight excluding hydrogens is 443 g/mol. The van der Waals surface area contributed by atoms with E-state index in [1.807, 2.05) is 55.5 Å². The molecule has 26 heavy (non-hydrogen) atoms. The molecule has 1 fully saturated rings. The molecule has 1 saturated heterocycles. The Kier molecular flexibility index (Phi) is 6.13. The molecule has 5 nitrogen and oxygen atoms in total. The standard InChI is InChI=1S/C20H21IN2O3/c1-2-26-16-9-7-15(8-10-16)23-13-14(11-19(23)24)12-22-20(25)17-5-3-4-6-18(17)21/h3-10,14H,2,11-13H2,1H3,(H,22,25). The smallest absolute Gasteiger partial charge is 0.252 e. The molecule has 1 aliphatic rings. The van der Waals surface area contributed by atoms with Crippen LogP contribution < -0.4 is 15.0 Å². The van der Waals surface area contributed by atoms with E-state index in [2.05, 4.69) is 27.9 Å². The number of carbonyl (C=O) groups is 2. The molecule has 0 saturated carbocycles. The van der Waals surface area contributed by atoms with Crippen LogP contribution >= 0.6 is 22.6 Å². The fourth-order valence-corrected chi connectivity index (χ4v) is 3.67. The number of halogens is 1. The predicted molar refractivity (Wildman–Crippen MR) is 110 cm³/mol. The van der Waals surface area contributed by atoms with Crippen molar-refractivity contribution in [1.82, 2.24) is 5.32 Å². The molecule has 0 bridgehead atoms. The van der Waals surface area contributed by atoms with Crippen molar-refractivity contribution in [1.29, 1.82) is 0 Å². The lowest BCUT2D eigenvalue weighted by molar-refractivity contribution is -0.117. The highest BCUT2D eigenvalue weighted by Gasteiger charge is 2.30. The van der Waals surface area contributed by atoms with E-state index in [0.717, 1.165) is 15.0 Å². The summed E-state index contributed by atoms with van der Waals surface area (Å²) in [5.41, 5.74) is 1.53. The quantitative estimate of drug-likeness (QED) is 0.667. The van der Waals surface area contributed by atoms with Gasteiger partial charge in [-0.25, -0.2) is 0 Å². The van der Waals surface area contributed by atoms with Gasteiger partial charge in [-0.1, -0.05) is 12.1 Å². The molecule has 0 radical (unpaired) electrons. The maximum absolute atomic E-state index is 12.3. The van der Waals surface area contributed by atoms with Gasteiger partial charge in [-0.2, -0.15) is 0 Å². The first kappa shape index (κ1) is 18.7. The summed E-state index contributed by atoms with van der Waals surface area (Å²) in [4.78, 5) is 26.4. The van der Waals surface area contributed by atoms with Crippen LogP contribution in [0.1, 0.15) is 23.7 Å². The molecule has 6 heteroatoms. The number of amides is 2. The molecule has 0 spiro atoms. The second-order valence-corrected chi connectivity index (χ2v) is 7.35. The van der Waals surface area contributed by atoms with E-state index in [-0.39, 0.29) is 17.7 Å². The average Bonchev–Trinajstić information content (AvgIpc) is 3.02. The fourth-order valence-electron chi connectivity index (χ4n) is 3.03. The zero-order valence-corrected chi connectivity index (χ0v) is 16.7. The van der Waals surface area contributed by atoms with Crippen molar-refractivity contribution in [3.63, 3.8) is 0 Å². The molecule has 2 amide bonds. The summed E-state index contributed by atoms with van der Waals surface area (Å²) in [5.74, 6) is 0.897. The van der Waals surface area contributed by atoms with Crippen LogP contribution in [-0.4, -0.2) is 31.5 Å². The summed E-state index contributed by atoms with van der Waals surface area (Å²) < 4.78 is 6.35. The van der Waals surface area contributed by atoms with E-state index in [9.17, 15) is 9.59 Å². The van der Waals surface area contributed by atoms with Crippen LogP contribution in [0, 0.1) is 9.49 Å². The highest BCUT2D eigenvalue weighted by Crippen LogP contribution is 2.26. The normalized spacial score (nSPS) is 16.6. The number of carbonyl (C=O) groups excluding carboxylic acids is 2. The van der Waals surface area contributed by atoms with Crippen LogP contribution in [0.25, 0.3) is 0 Å².